The molecule has 0 atom stereocenters. The molecule has 100 valence electrons. The van der Waals surface area contributed by atoms with Gasteiger partial charge in [-0.3, -0.25) is 0 Å². The second-order valence-corrected chi connectivity index (χ2v) is 5.38. The zero-order valence-electron chi connectivity index (χ0n) is 11.2. The maximum Gasteiger partial charge on any atom is 0.138 e. The monoisotopic (exact) mass is 260 g/mol. The highest BCUT2D eigenvalue weighted by molar-refractivity contribution is 5.58. The molecule has 0 saturated heterocycles. The largest absolute Gasteiger partial charge is 0.384 e. The van der Waals surface area contributed by atoms with E-state index >= 15 is 0 Å². The SMILES string of the molecule is CC(C)(C)c1nc(N)cc(Nc2ccc(F)cc2)n1. The van der Waals surface area contributed by atoms with Gasteiger partial charge in [-0.1, -0.05) is 20.8 Å². The van der Waals surface area contributed by atoms with Crippen LogP contribution >= 0.6 is 0 Å². The van der Waals surface area contributed by atoms with Gasteiger partial charge in [-0.2, -0.15) is 0 Å². The van der Waals surface area contributed by atoms with Crippen molar-refractivity contribution in [1.82, 2.24) is 9.97 Å². The molecule has 3 N–H and O–H groups in total. The van der Waals surface area contributed by atoms with E-state index in [1.165, 1.54) is 12.1 Å². The molecule has 0 radical (unpaired) electrons. The van der Waals surface area contributed by atoms with Crippen LogP contribution in [0.15, 0.2) is 30.3 Å². The highest BCUT2D eigenvalue weighted by atomic mass is 19.1. The fourth-order valence-electron chi connectivity index (χ4n) is 1.55. The van der Waals surface area contributed by atoms with Crippen molar-refractivity contribution in [1.29, 1.82) is 0 Å². The van der Waals surface area contributed by atoms with Crippen molar-refractivity contribution >= 4 is 17.3 Å². The Hall–Kier alpha value is -2.17. The second kappa shape index (κ2) is 4.84. The Labute approximate surface area is 111 Å². The number of benzene rings is 1. The van der Waals surface area contributed by atoms with E-state index in [0.717, 1.165) is 5.69 Å². The van der Waals surface area contributed by atoms with Gasteiger partial charge in [0.1, 0.15) is 23.3 Å². The van der Waals surface area contributed by atoms with Crippen LogP contribution in [0.3, 0.4) is 0 Å². The summed E-state index contributed by atoms with van der Waals surface area (Å²) < 4.78 is 12.8. The summed E-state index contributed by atoms with van der Waals surface area (Å²) in [6, 6.07) is 7.71. The Morgan fingerprint density at radius 1 is 1.11 bits per heavy atom. The summed E-state index contributed by atoms with van der Waals surface area (Å²) in [5, 5.41) is 3.09. The summed E-state index contributed by atoms with van der Waals surface area (Å²) in [5.41, 5.74) is 6.35. The van der Waals surface area contributed by atoms with Crippen LogP contribution in [-0.2, 0) is 5.41 Å². The van der Waals surface area contributed by atoms with Gasteiger partial charge >= 0.3 is 0 Å². The molecule has 0 aliphatic rings. The minimum atomic E-state index is -0.275. The maximum absolute atomic E-state index is 12.8. The Balaban J connectivity index is 2.30. The molecule has 1 aromatic carbocycles. The van der Waals surface area contributed by atoms with Crippen LogP contribution in [0.5, 0.6) is 0 Å². The lowest BCUT2D eigenvalue weighted by Gasteiger charge is -2.18. The van der Waals surface area contributed by atoms with Crippen LogP contribution in [0.1, 0.15) is 26.6 Å². The van der Waals surface area contributed by atoms with Crippen molar-refractivity contribution in [3.63, 3.8) is 0 Å². The number of hydrogen-bond acceptors (Lipinski definition) is 4. The van der Waals surface area contributed by atoms with Crippen molar-refractivity contribution in [3.8, 4) is 0 Å². The van der Waals surface area contributed by atoms with E-state index in [1.807, 2.05) is 20.8 Å². The van der Waals surface area contributed by atoms with Crippen molar-refractivity contribution in [2.75, 3.05) is 11.1 Å². The topological polar surface area (TPSA) is 63.8 Å². The van der Waals surface area contributed by atoms with E-state index in [2.05, 4.69) is 15.3 Å². The third-order valence-electron chi connectivity index (χ3n) is 2.53. The molecule has 0 saturated carbocycles. The molecule has 0 aliphatic carbocycles. The zero-order valence-corrected chi connectivity index (χ0v) is 11.2. The molecule has 5 heteroatoms. The van der Waals surface area contributed by atoms with Crippen LogP contribution in [0, 0.1) is 5.82 Å². The lowest BCUT2D eigenvalue weighted by Crippen LogP contribution is -2.17. The van der Waals surface area contributed by atoms with E-state index < -0.39 is 0 Å². The molecule has 0 amide bonds. The van der Waals surface area contributed by atoms with E-state index in [-0.39, 0.29) is 11.2 Å². The van der Waals surface area contributed by atoms with Crippen LogP contribution in [-0.4, -0.2) is 9.97 Å². The predicted molar refractivity (Wildman–Crippen MR) is 74.8 cm³/mol. The number of aromatic nitrogens is 2. The first-order valence-corrected chi connectivity index (χ1v) is 6.02. The van der Waals surface area contributed by atoms with Crippen molar-refractivity contribution < 1.29 is 4.39 Å². The van der Waals surface area contributed by atoms with E-state index in [9.17, 15) is 4.39 Å². The summed E-state index contributed by atoms with van der Waals surface area (Å²) in [6.07, 6.45) is 0. The third kappa shape index (κ3) is 3.40. The summed E-state index contributed by atoms with van der Waals surface area (Å²) >= 11 is 0. The minimum absolute atomic E-state index is 0.186. The number of nitrogens with two attached hydrogens (primary N) is 1. The minimum Gasteiger partial charge on any atom is -0.384 e. The molecule has 1 aromatic heterocycles. The fraction of sp³-hybridized carbons (Fsp3) is 0.286. The zero-order chi connectivity index (χ0) is 14.0. The number of hydrogen-bond donors (Lipinski definition) is 2. The maximum atomic E-state index is 12.8. The Morgan fingerprint density at radius 3 is 2.32 bits per heavy atom. The number of anilines is 3. The molecule has 0 unspecified atom stereocenters. The first-order valence-electron chi connectivity index (χ1n) is 6.02. The molecule has 4 nitrogen and oxygen atoms in total. The van der Waals surface area contributed by atoms with E-state index in [0.29, 0.717) is 17.5 Å². The number of nitrogens with zero attached hydrogens (tertiary/aromatic N) is 2. The van der Waals surface area contributed by atoms with E-state index in [1.54, 1.807) is 18.2 Å². The summed E-state index contributed by atoms with van der Waals surface area (Å²) in [6.45, 7) is 6.05. The number of rotatable bonds is 2. The smallest absolute Gasteiger partial charge is 0.138 e. The van der Waals surface area contributed by atoms with Gasteiger partial charge in [-0.25, -0.2) is 14.4 Å². The Morgan fingerprint density at radius 2 is 1.74 bits per heavy atom. The lowest BCUT2D eigenvalue weighted by atomic mass is 9.96. The number of nitrogens with one attached hydrogen (secondary N) is 1. The first kappa shape index (κ1) is 13.3. The van der Waals surface area contributed by atoms with Gasteiger partial charge in [-0.15, -0.1) is 0 Å². The van der Waals surface area contributed by atoms with Crippen LogP contribution < -0.4 is 11.1 Å². The van der Waals surface area contributed by atoms with Crippen LogP contribution in [0.2, 0.25) is 0 Å². The van der Waals surface area contributed by atoms with Gasteiger partial charge in [-0.05, 0) is 24.3 Å². The van der Waals surface area contributed by atoms with Crippen molar-refractivity contribution in [2.24, 2.45) is 0 Å². The van der Waals surface area contributed by atoms with Gasteiger partial charge in [0, 0.05) is 17.2 Å². The molecule has 0 fully saturated rings. The van der Waals surface area contributed by atoms with Crippen molar-refractivity contribution in [2.45, 2.75) is 26.2 Å². The van der Waals surface area contributed by atoms with Gasteiger partial charge in [0.05, 0.1) is 0 Å². The molecular weight excluding hydrogens is 243 g/mol. The number of halogens is 1. The normalized spacial score (nSPS) is 11.4. The Bertz CT molecular complexity index is 573. The lowest BCUT2D eigenvalue weighted by molar-refractivity contribution is 0.547. The average molecular weight is 260 g/mol. The molecule has 0 bridgehead atoms. The van der Waals surface area contributed by atoms with Gasteiger partial charge in [0.2, 0.25) is 0 Å². The number of nitrogen functional groups attached to an aromatic ring is 1. The highest BCUT2D eigenvalue weighted by Gasteiger charge is 2.18. The van der Waals surface area contributed by atoms with Gasteiger partial charge in [0.25, 0.3) is 0 Å². The highest BCUT2D eigenvalue weighted by Crippen LogP contribution is 2.23. The average Bonchev–Trinajstić information content (AvgIpc) is 2.30. The summed E-state index contributed by atoms with van der Waals surface area (Å²) in [7, 11) is 0. The molecule has 1 heterocycles. The third-order valence-corrected chi connectivity index (χ3v) is 2.53. The molecular formula is C14H17FN4. The molecule has 19 heavy (non-hydrogen) atoms. The first-order chi connectivity index (χ1) is 8.84. The van der Waals surface area contributed by atoms with Crippen molar-refractivity contribution in [3.05, 3.63) is 42.0 Å². The molecule has 2 rings (SSSR count). The summed E-state index contributed by atoms with van der Waals surface area (Å²) in [5.74, 6) is 1.40. The standard InChI is InChI=1S/C14H17FN4/c1-14(2,3)13-18-11(16)8-12(19-13)17-10-6-4-9(15)5-7-10/h4-8H,1-3H3,(H3,16,17,18,19). The van der Waals surface area contributed by atoms with Crippen LogP contribution in [0.25, 0.3) is 0 Å². The predicted octanol–water partition coefficient (Wildman–Crippen LogP) is 3.24. The van der Waals surface area contributed by atoms with Gasteiger partial charge in [0.15, 0.2) is 0 Å². The van der Waals surface area contributed by atoms with Crippen LogP contribution in [0.4, 0.5) is 21.7 Å². The molecule has 0 aliphatic heterocycles. The molecule has 2 aromatic rings. The second-order valence-electron chi connectivity index (χ2n) is 5.38. The Kier molecular flexibility index (Phi) is 3.38. The fourth-order valence-corrected chi connectivity index (χ4v) is 1.55. The van der Waals surface area contributed by atoms with E-state index in [4.69, 9.17) is 5.73 Å². The summed E-state index contributed by atoms with van der Waals surface area (Å²) in [4.78, 5) is 8.65. The van der Waals surface area contributed by atoms with Gasteiger partial charge < -0.3 is 11.1 Å². The molecule has 0 spiro atoms. The quantitative estimate of drug-likeness (QED) is 0.870.